The van der Waals surface area contributed by atoms with E-state index in [1.54, 1.807) is 0 Å². The first-order valence-corrected chi connectivity index (χ1v) is 5.51. The van der Waals surface area contributed by atoms with Crippen molar-refractivity contribution < 1.29 is 14.4 Å². The summed E-state index contributed by atoms with van der Waals surface area (Å²) in [5.74, 6) is -0.629. The molecular weight excluding hydrogens is 218 g/mol. The summed E-state index contributed by atoms with van der Waals surface area (Å²) >= 11 is 1.28. The standard InChI is InChI=1S/C8H13N3O3S/c1-10-6(12)2-5-8(14)11-4(3-15-5)7(9)13/h4-5H,2-3H2,1H3,(H2,9,13)(H,10,12)(H,11,14). The second-order valence-corrected chi connectivity index (χ2v) is 4.40. The summed E-state index contributed by atoms with van der Waals surface area (Å²) in [6.07, 6.45) is 0.123. The van der Waals surface area contributed by atoms with Crippen molar-refractivity contribution in [2.75, 3.05) is 12.8 Å². The molecule has 1 rings (SSSR count). The number of carbonyl (C=O) groups is 3. The van der Waals surface area contributed by atoms with Crippen molar-refractivity contribution >= 4 is 29.5 Å². The molecule has 4 N–H and O–H groups in total. The number of primary amides is 1. The zero-order valence-corrected chi connectivity index (χ0v) is 9.10. The Kier molecular flexibility index (Phi) is 3.96. The number of hydrogen-bond donors (Lipinski definition) is 3. The first-order valence-electron chi connectivity index (χ1n) is 4.46. The molecule has 6 nitrogen and oxygen atoms in total. The predicted octanol–water partition coefficient (Wildman–Crippen LogP) is -1.79. The second kappa shape index (κ2) is 5.01. The number of thioether (sulfide) groups is 1. The van der Waals surface area contributed by atoms with Gasteiger partial charge in [0.15, 0.2) is 0 Å². The molecule has 2 unspecified atom stereocenters. The lowest BCUT2D eigenvalue weighted by Crippen LogP contribution is -2.53. The molecule has 0 saturated carbocycles. The third-order valence-corrected chi connectivity index (χ3v) is 3.37. The normalized spacial score (nSPS) is 25.5. The van der Waals surface area contributed by atoms with Gasteiger partial charge in [0.1, 0.15) is 6.04 Å². The summed E-state index contributed by atoms with van der Waals surface area (Å²) in [4.78, 5) is 33.3. The van der Waals surface area contributed by atoms with Crippen LogP contribution in [0.1, 0.15) is 6.42 Å². The van der Waals surface area contributed by atoms with Crippen LogP contribution in [0.4, 0.5) is 0 Å². The monoisotopic (exact) mass is 231 g/mol. The molecule has 1 aliphatic heterocycles. The minimum Gasteiger partial charge on any atom is -0.368 e. The Morgan fingerprint density at radius 3 is 2.80 bits per heavy atom. The minimum atomic E-state index is -0.622. The summed E-state index contributed by atoms with van der Waals surface area (Å²) in [7, 11) is 1.51. The van der Waals surface area contributed by atoms with Gasteiger partial charge in [-0.2, -0.15) is 0 Å². The second-order valence-electron chi connectivity index (χ2n) is 3.16. The number of nitrogens with one attached hydrogen (secondary N) is 2. The van der Waals surface area contributed by atoms with E-state index in [0.29, 0.717) is 5.75 Å². The van der Waals surface area contributed by atoms with Crippen molar-refractivity contribution in [3.05, 3.63) is 0 Å². The Morgan fingerprint density at radius 2 is 2.33 bits per heavy atom. The Balaban J connectivity index is 2.49. The van der Waals surface area contributed by atoms with Crippen LogP contribution in [0.3, 0.4) is 0 Å². The molecule has 0 aromatic rings. The molecule has 0 bridgehead atoms. The molecule has 0 aliphatic carbocycles. The third-order valence-electron chi connectivity index (χ3n) is 2.07. The van der Waals surface area contributed by atoms with E-state index in [-0.39, 0.29) is 18.2 Å². The van der Waals surface area contributed by atoms with Crippen LogP contribution in [0.15, 0.2) is 0 Å². The molecule has 15 heavy (non-hydrogen) atoms. The predicted molar refractivity (Wildman–Crippen MR) is 56.1 cm³/mol. The van der Waals surface area contributed by atoms with Crippen LogP contribution in [-0.4, -0.2) is 41.8 Å². The maximum Gasteiger partial charge on any atom is 0.240 e. The summed E-state index contributed by atoms with van der Waals surface area (Å²) < 4.78 is 0. The highest BCUT2D eigenvalue weighted by molar-refractivity contribution is 8.00. The van der Waals surface area contributed by atoms with E-state index in [9.17, 15) is 14.4 Å². The van der Waals surface area contributed by atoms with Gasteiger partial charge in [-0.25, -0.2) is 0 Å². The Hall–Kier alpha value is -1.24. The lowest BCUT2D eigenvalue weighted by molar-refractivity contribution is -0.128. The number of hydrogen-bond acceptors (Lipinski definition) is 4. The molecule has 1 heterocycles. The largest absolute Gasteiger partial charge is 0.368 e. The van der Waals surface area contributed by atoms with Crippen molar-refractivity contribution in [3.63, 3.8) is 0 Å². The molecule has 84 valence electrons. The molecule has 1 saturated heterocycles. The van der Waals surface area contributed by atoms with E-state index in [1.807, 2.05) is 0 Å². The van der Waals surface area contributed by atoms with Gasteiger partial charge in [0.05, 0.1) is 5.25 Å². The van der Waals surface area contributed by atoms with Crippen molar-refractivity contribution in [3.8, 4) is 0 Å². The quantitative estimate of drug-likeness (QED) is 0.534. The average molecular weight is 231 g/mol. The van der Waals surface area contributed by atoms with Crippen molar-refractivity contribution in [2.45, 2.75) is 17.7 Å². The first kappa shape index (κ1) is 11.8. The molecule has 2 atom stereocenters. The maximum absolute atomic E-state index is 11.4. The van der Waals surface area contributed by atoms with Gasteiger partial charge in [-0.1, -0.05) is 0 Å². The van der Waals surface area contributed by atoms with Crippen LogP contribution in [0, 0.1) is 0 Å². The van der Waals surface area contributed by atoms with Crippen LogP contribution in [0.5, 0.6) is 0 Å². The van der Waals surface area contributed by atoms with E-state index in [1.165, 1.54) is 18.8 Å². The molecule has 1 fully saturated rings. The highest BCUT2D eigenvalue weighted by Crippen LogP contribution is 2.20. The molecule has 3 amide bonds. The zero-order valence-electron chi connectivity index (χ0n) is 8.28. The average Bonchev–Trinajstić information content (AvgIpc) is 2.20. The Morgan fingerprint density at radius 1 is 1.67 bits per heavy atom. The maximum atomic E-state index is 11.4. The van der Waals surface area contributed by atoms with Crippen LogP contribution >= 0.6 is 11.8 Å². The number of nitrogens with two attached hydrogens (primary N) is 1. The SMILES string of the molecule is CNC(=O)CC1SCC(C(N)=O)NC1=O. The summed E-state index contributed by atoms with van der Waals surface area (Å²) in [5, 5.41) is 4.49. The van der Waals surface area contributed by atoms with Crippen LogP contribution in [0.25, 0.3) is 0 Å². The van der Waals surface area contributed by atoms with E-state index >= 15 is 0 Å². The smallest absolute Gasteiger partial charge is 0.240 e. The van der Waals surface area contributed by atoms with Gasteiger partial charge in [-0.15, -0.1) is 11.8 Å². The number of carbonyl (C=O) groups excluding carboxylic acids is 3. The Labute approximate surface area is 91.3 Å². The first-order chi connectivity index (χ1) is 7.04. The van der Waals surface area contributed by atoms with Crippen molar-refractivity contribution in [2.24, 2.45) is 5.73 Å². The third kappa shape index (κ3) is 3.12. The van der Waals surface area contributed by atoms with Crippen molar-refractivity contribution in [1.29, 1.82) is 0 Å². The Bertz CT molecular complexity index is 295. The lowest BCUT2D eigenvalue weighted by Gasteiger charge is -2.26. The fourth-order valence-corrected chi connectivity index (χ4v) is 2.33. The number of amides is 3. The molecule has 0 radical (unpaired) electrons. The summed E-state index contributed by atoms with van der Waals surface area (Å²) in [6, 6.07) is -0.622. The molecule has 0 spiro atoms. The van der Waals surface area contributed by atoms with Gasteiger partial charge < -0.3 is 16.4 Å². The van der Waals surface area contributed by atoms with Crippen LogP contribution in [-0.2, 0) is 14.4 Å². The number of rotatable bonds is 3. The van der Waals surface area contributed by atoms with E-state index < -0.39 is 17.2 Å². The van der Waals surface area contributed by atoms with Gasteiger partial charge in [0.25, 0.3) is 0 Å². The fraction of sp³-hybridized carbons (Fsp3) is 0.625. The lowest BCUT2D eigenvalue weighted by atomic mass is 10.2. The van der Waals surface area contributed by atoms with Gasteiger partial charge >= 0.3 is 0 Å². The fourth-order valence-electron chi connectivity index (χ4n) is 1.17. The van der Waals surface area contributed by atoms with Crippen LogP contribution in [0.2, 0.25) is 0 Å². The minimum absolute atomic E-state index is 0.123. The van der Waals surface area contributed by atoms with Crippen molar-refractivity contribution in [1.82, 2.24) is 10.6 Å². The molecule has 0 aromatic heterocycles. The highest BCUT2D eigenvalue weighted by Gasteiger charge is 2.32. The van der Waals surface area contributed by atoms with Gasteiger partial charge in [-0.05, 0) is 0 Å². The molecule has 1 aliphatic rings. The van der Waals surface area contributed by atoms with E-state index in [2.05, 4.69) is 10.6 Å². The summed E-state index contributed by atoms with van der Waals surface area (Å²) in [6.45, 7) is 0. The molecule has 7 heteroatoms. The van der Waals surface area contributed by atoms with Crippen LogP contribution < -0.4 is 16.4 Å². The van der Waals surface area contributed by atoms with E-state index in [4.69, 9.17) is 5.73 Å². The zero-order chi connectivity index (χ0) is 11.4. The van der Waals surface area contributed by atoms with E-state index in [0.717, 1.165) is 0 Å². The van der Waals surface area contributed by atoms with Gasteiger partial charge in [0.2, 0.25) is 17.7 Å². The molecular formula is C8H13N3O3S. The molecule has 0 aromatic carbocycles. The topological polar surface area (TPSA) is 101 Å². The van der Waals surface area contributed by atoms with Gasteiger partial charge in [0, 0.05) is 19.2 Å². The summed E-state index contributed by atoms with van der Waals surface area (Å²) in [5.41, 5.74) is 5.06. The van der Waals surface area contributed by atoms with Gasteiger partial charge in [-0.3, -0.25) is 14.4 Å². The highest BCUT2D eigenvalue weighted by atomic mass is 32.2.